The summed E-state index contributed by atoms with van der Waals surface area (Å²) in [7, 11) is -3.65. The normalized spacial score (nSPS) is 16.8. The Morgan fingerprint density at radius 2 is 1.88 bits per heavy atom. The number of sulfonamides is 1. The summed E-state index contributed by atoms with van der Waals surface area (Å²) in [6, 6.07) is 3.97. The third kappa shape index (κ3) is 4.96. The molecule has 1 aliphatic rings. The van der Waals surface area contributed by atoms with Gasteiger partial charge in [-0.25, -0.2) is 8.42 Å². The van der Waals surface area contributed by atoms with Gasteiger partial charge in [0.2, 0.25) is 15.9 Å². The first-order chi connectivity index (χ1) is 12.3. The molecule has 1 amide bonds. The number of hydrogen-bond donors (Lipinski definition) is 2. The van der Waals surface area contributed by atoms with Gasteiger partial charge in [0.15, 0.2) is 0 Å². The third-order valence-electron chi connectivity index (χ3n) is 4.83. The summed E-state index contributed by atoms with van der Waals surface area (Å²) in [5.41, 5.74) is 0.119. The number of nitrogens with one attached hydrogen (secondary N) is 1. The smallest absolute Gasteiger partial charge is 0.243 e. The van der Waals surface area contributed by atoms with Crippen LogP contribution < -0.4 is 5.32 Å². The van der Waals surface area contributed by atoms with E-state index in [-0.39, 0.29) is 28.8 Å². The lowest BCUT2D eigenvalue weighted by Gasteiger charge is -2.29. The molecule has 0 atom stereocenters. The number of carbonyl (C=O) groups is 1. The highest BCUT2D eigenvalue weighted by atomic mass is 32.2. The van der Waals surface area contributed by atoms with Gasteiger partial charge >= 0.3 is 0 Å². The average Bonchev–Trinajstić information content (AvgIpc) is 2.59. The Kier molecular flexibility index (Phi) is 7.02. The number of piperidine rings is 1. The minimum atomic E-state index is -3.65. The highest BCUT2D eigenvalue weighted by Gasteiger charge is 2.23. The number of benzene rings is 1. The summed E-state index contributed by atoms with van der Waals surface area (Å²) in [4.78, 5) is 14.4. The second kappa shape index (κ2) is 8.83. The zero-order valence-corrected chi connectivity index (χ0v) is 16.6. The van der Waals surface area contributed by atoms with Crippen molar-refractivity contribution in [1.29, 1.82) is 0 Å². The van der Waals surface area contributed by atoms with E-state index in [0.29, 0.717) is 19.0 Å². The molecule has 0 spiro atoms. The van der Waals surface area contributed by atoms with Crippen LogP contribution in [-0.2, 0) is 14.8 Å². The highest BCUT2D eigenvalue weighted by molar-refractivity contribution is 7.89. The molecule has 2 N–H and O–H groups in total. The van der Waals surface area contributed by atoms with Crippen molar-refractivity contribution >= 4 is 21.6 Å². The second-order valence-corrected chi connectivity index (χ2v) is 8.71. The van der Waals surface area contributed by atoms with Crippen LogP contribution >= 0.6 is 0 Å². The van der Waals surface area contributed by atoms with Gasteiger partial charge in [0, 0.05) is 13.1 Å². The molecule has 1 saturated heterocycles. The summed E-state index contributed by atoms with van der Waals surface area (Å²) >= 11 is 0. The number of phenolic OH excluding ortho intramolecular Hbond substituents is 1. The van der Waals surface area contributed by atoms with Gasteiger partial charge in [0.05, 0.1) is 17.1 Å². The van der Waals surface area contributed by atoms with E-state index in [9.17, 15) is 18.3 Å². The second-order valence-electron chi connectivity index (χ2n) is 6.78. The number of amides is 1. The van der Waals surface area contributed by atoms with Crippen LogP contribution in [0.5, 0.6) is 5.75 Å². The fourth-order valence-corrected chi connectivity index (χ4v) is 4.59. The van der Waals surface area contributed by atoms with E-state index in [2.05, 4.69) is 17.1 Å². The van der Waals surface area contributed by atoms with Crippen LogP contribution in [0.2, 0.25) is 0 Å². The van der Waals surface area contributed by atoms with Crippen molar-refractivity contribution in [3.63, 3.8) is 0 Å². The topological polar surface area (TPSA) is 90.0 Å². The predicted molar refractivity (Wildman–Crippen MR) is 102 cm³/mol. The molecule has 0 unspecified atom stereocenters. The van der Waals surface area contributed by atoms with E-state index in [1.807, 2.05) is 0 Å². The molecule has 0 radical (unpaired) electrons. The predicted octanol–water partition coefficient (Wildman–Crippen LogP) is 2.09. The van der Waals surface area contributed by atoms with E-state index in [4.69, 9.17) is 0 Å². The molecule has 146 valence electrons. The Balaban J connectivity index is 2.11. The SMILES string of the molecule is CCN(CC)S(=O)(=O)c1ccc(O)c(NC(=O)CN2CCC(C)CC2)c1. The molecule has 0 aliphatic carbocycles. The molecular weight excluding hydrogens is 354 g/mol. The van der Waals surface area contributed by atoms with Gasteiger partial charge < -0.3 is 10.4 Å². The molecule has 0 saturated carbocycles. The Morgan fingerprint density at radius 1 is 1.27 bits per heavy atom. The van der Waals surface area contributed by atoms with Crippen LogP contribution in [0.1, 0.15) is 33.6 Å². The van der Waals surface area contributed by atoms with Crippen LogP contribution in [0.4, 0.5) is 5.69 Å². The fraction of sp³-hybridized carbons (Fsp3) is 0.611. The van der Waals surface area contributed by atoms with E-state index in [1.165, 1.54) is 22.5 Å². The van der Waals surface area contributed by atoms with Crippen molar-refractivity contribution < 1.29 is 18.3 Å². The first-order valence-electron chi connectivity index (χ1n) is 9.13. The van der Waals surface area contributed by atoms with Crippen molar-refractivity contribution in [2.24, 2.45) is 5.92 Å². The number of anilines is 1. The zero-order chi connectivity index (χ0) is 19.3. The molecule has 26 heavy (non-hydrogen) atoms. The van der Waals surface area contributed by atoms with Gasteiger partial charge in [-0.1, -0.05) is 20.8 Å². The molecule has 1 aromatic carbocycles. The summed E-state index contributed by atoms with van der Waals surface area (Å²) in [5.74, 6) is 0.275. The van der Waals surface area contributed by atoms with E-state index < -0.39 is 10.0 Å². The molecule has 8 heteroatoms. The third-order valence-corrected chi connectivity index (χ3v) is 6.87. The molecule has 1 heterocycles. The molecule has 2 rings (SSSR count). The molecule has 7 nitrogen and oxygen atoms in total. The monoisotopic (exact) mass is 383 g/mol. The number of carbonyl (C=O) groups excluding carboxylic acids is 1. The van der Waals surface area contributed by atoms with Crippen molar-refractivity contribution in [2.75, 3.05) is 38.0 Å². The first-order valence-corrected chi connectivity index (χ1v) is 10.6. The Hall–Kier alpha value is -1.64. The van der Waals surface area contributed by atoms with Crippen LogP contribution in [0.3, 0.4) is 0 Å². The largest absolute Gasteiger partial charge is 0.506 e. The number of hydrogen-bond acceptors (Lipinski definition) is 5. The van der Waals surface area contributed by atoms with Gasteiger partial charge in [-0.3, -0.25) is 9.69 Å². The number of likely N-dealkylation sites (tertiary alicyclic amines) is 1. The first kappa shape index (κ1) is 20.7. The van der Waals surface area contributed by atoms with Gasteiger partial charge in [0.25, 0.3) is 0 Å². The van der Waals surface area contributed by atoms with Crippen molar-refractivity contribution in [2.45, 2.75) is 38.5 Å². The van der Waals surface area contributed by atoms with E-state index >= 15 is 0 Å². The maximum absolute atomic E-state index is 12.6. The average molecular weight is 384 g/mol. The number of phenols is 1. The lowest BCUT2D eigenvalue weighted by Crippen LogP contribution is -2.38. The maximum Gasteiger partial charge on any atom is 0.243 e. The van der Waals surface area contributed by atoms with E-state index in [0.717, 1.165) is 25.9 Å². The maximum atomic E-state index is 12.6. The van der Waals surface area contributed by atoms with Crippen molar-refractivity contribution in [3.8, 4) is 5.75 Å². The molecular formula is C18H29N3O4S. The summed E-state index contributed by atoms with van der Waals surface area (Å²) in [6.07, 6.45) is 2.13. The van der Waals surface area contributed by atoms with Crippen LogP contribution in [0.25, 0.3) is 0 Å². The lowest BCUT2D eigenvalue weighted by atomic mass is 9.99. The standard InChI is InChI=1S/C18H29N3O4S/c1-4-21(5-2)26(24,25)15-6-7-17(22)16(12-15)19-18(23)13-20-10-8-14(3)9-11-20/h6-7,12,14,22H,4-5,8-11,13H2,1-3H3,(H,19,23). The van der Waals surface area contributed by atoms with Crippen LogP contribution in [0.15, 0.2) is 23.1 Å². The number of aromatic hydroxyl groups is 1. The van der Waals surface area contributed by atoms with E-state index in [1.54, 1.807) is 13.8 Å². The van der Waals surface area contributed by atoms with Crippen LogP contribution in [-0.4, -0.2) is 61.4 Å². The van der Waals surface area contributed by atoms with Crippen molar-refractivity contribution in [3.05, 3.63) is 18.2 Å². The number of rotatable bonds is 7. The molecule has 0 aromatic heterocycles. The Bertz CT molecular complexity index is 724. The summed E-state index contributed by atoms with van der Waals surface area (Å²) in [6.45, 7) is 8.43. The van der Waals surface area contributed by atoms with Crippen LogP contribution in [0, 0.1) is 5.92 Å². The lowest BCUT2D eigenvalue weighted by molar-refractivity contribution is -0.117. The summed E-state index contributed by atoms with van der Waals surface area (Å²) in [5, 5.41) is 12.6. The van der Waals surface area contributed by atoms with Gasteiger partial charge in [0.1, 0.15) is 5.75 Å². The van der Waals surface area contributed by atoms with Gasteiger partial charge in [-0.05, 0) is 50.0 Å². The Labute approximate surface area is 156 Å². The molecule has 1 aliphatic heterocycles. The number of nitrogens with zero attached hydrogens (tertiary/aromatic N) is 2. The molecule has 1 fully saturated rings. The van der Waals surface area contributed by atoms with Gasteiger partial charge in [-0.2, -0.15) is 4.31 Å². The zero-order valence-electron chi connectivity index (χ0n) is 15.7. The molecule has 0 bridgehead atoms. The Morgan fingerprint density at radius 3 is 2.46 bits per heavy atom. The van der Waals surface area contributed by atoms with Crippen molar-refractivity contribution in [1.82, 2.24) is 9.21 Å². The molecule has 1 aromatic rings. The summed E-state index contributed by atoms with van der Waals surface area (Å²) < 4.78 is 26.6. The fourth-order valence-electron chi connectivity index (χ4n) is 3.10. The quantitative estimate of drug-likeness (QED) is 0.704. The van der Waals surface area contributed by atoms with Gasteiger partial charge in [-0.15, -0.1) is 0 Å². The minimum absolute atomic E-state index is 0.0566. The highest BCUT2D eigenvalue weighted by Crippen LogP contribution is 2.28. The minimum Gasteiger partial charge on any atom is -0.506 e.